The number of amides is 4. The molecular weight excluding hydrogens is 1040 g/mol. The van der Waals surface area contributed by atoms with Gasteiger partial charge in [-0.1, -0.05) is 48.5 Å². The van der Waals surface area contributed by atoms with Gasteiger partial charge in [0.1, 0.15) is 0 Å². The Kier molecular flexibility index (Phi) is 26.1. The van der Waals surface area contributed by atoms with Crippen LogP contribution in [0.1, 0.15) is 115 Å². The Hall–Kier alpha value is -9.52. The molecule has 23 N–H and O–H groups in total. The average molecular weight is 1110 g/mol. The summed E-state index contributed by atoms with van der Waals surface area (Å²) in [7, 11) is 0. The van der Waals surface area contributed by atoms with Crippen LogP contribution in [0.5, 0.6) is 0 Å². The lowest BCUT2D eigenvalue weighted by Gasteiger charge is -2.19. The predicted octanol–water partition coefficient (Wildman–Crippen LogP) is -0.831. The number of aliphatic imine (C=N–C) groups is 4. The summed E-state index contributed by atoms with van der Waals surface area (Å²) in [5, 5.41) is 8.45. The highest BCUT2D eigenvalue weighted by Gasteiger charge is 2.26. The molecule has 432 valence electrons. The number of Topliss-reactive ketones (excluding diaryl/α,β-unsaturated/α-hetero) is 4. The molecule has 0 unspecified atom stereocenters. The molecule has 25 nitrogen and oxygen atoms in total. The van der Waals surface area contributed by atoms with Gasteiger partial charge in [0.05, 0.1) is 24.2 Å². The van der Waals surface area contributed by atoms with Crippen molar-refractivity contribution in [2.24, 2.45) is 77.3 Å². The van der Waals surface area contributed by atoms with Crippen LogP contribution in [-0.4, -0.2) is 121 Å². The van der Waals surface area contributed by atoms with Crippen LogP contribution < -0.4 is 73.3 Å². The second-order valence-electron chi connectivity index (χ2n) is 19.2. The number of carbonyl (C=O) groups is 8. The minimum atomic E-state index is -1.06. The van der Waals surface area contributed by atoms with E-state index < -0.39 is 53.6 Å². The van der Waals surface area contributed by atoms with Crippen molar-refractivity contribution in [2.75, 3.05) is 26.2 Å². The number of nitrogens with two attached hydrogens (primary N) is 10. The molecule has 4 aromatic carbocycles. The zero-order valence-corrected chi connectivity index (χ0v) is 45.2. The second kappa shape index (κ2) is 33.0. The Balaban J connectivity index is 1.48. The molecule has 0 aliphatic rings. The van der Waals surface area contributed by atoms with Crippen molar-refractivity contribution in [1.29, 1.82) is 0 Å². The highest BCUT2D eigenvalue weighted by atomic mass is 16.2. The number of guanidine groups is 4. The number of hydrogen-bond donors (Lipinski definition) is 13. The van der Waals surface area contributed by atoms with Crippen LogP contribution in [0.4, 0.5) is 0 Å². The van der Waals surface area contributed by atoms with E-state index >= 15 is 0 Å². The monoisotopic (exact) mass is 1110 g/mol. The Morgan fingerprint density at radius 3 is 0.901 bits per heavy atom. The Morgan fingerprint density at radius 2 is 0.617 bits per heavy atom. The first-order valence-electron chi connectivity index (χ1n) is 26.2. The van der Waals surface area contributed by atoms with Crippen molar-refractivity contribution in [3.63, 3.8) is 0 Å². The predicted molar refractivity (Wildman–Crippen MR) is 311 cm³/mol. The van der Waals surface area contributed by atoms with Crippen LogP contribution in [-0.2, 0) is 44.9 Å². The topological polar surface area (TPSA) is 482 Å². The zero-order chi connectivity index (χ0) is 59.4. The fraction of sp³-hybridized carbons (Fsp3) is 0.357. The van der Waals surface area contributed by atoms with Gasteiger partial charge < -0.3 is 73.3 Å². The summed E-state index contributed by atoms with van der Waals surface area (Å²) >= 11 is 0. The number of nitrogens with zero attached hydrogens (tertiary/aromatic N) is 4. The molecule has 81 heavy (non-hydrogen) atoms. The van der Waals surface area contributed by atoms with Crippen molar-refractivity contribution < 1.29 is 38.4 Å². The van der Waals surface area contributed by atoms with Crippen molar-refractivity contribution in [2.45, 2.75) is 101 Å². The van der Waals surface area contributed by atoms with Crippen molar-refractivity contribution >= 4 is 70.6 Å². The zero-order valence-electron chi connectivity index (χ0n) is 45.2. The molecule has 0 aliphatic carbocycles. The molecule has 4 rings (SSSR count). The van der Waals surface area contributed by atoms with Gasteiger partial charge in [0.15, 0.2) is 47.0 Å². The highest BCUT2D eigenvalue weighted by molar-refractivity contribution is 6.01. The van der Waals surface area contributed by atoms with Gasteiger partial charge in [-0.2, -0.15) is 0 Å². The van der Waals surface area contributed by atoms with Crippen molar-refractivity contribution in [3.05, 3.63) is 142 Å². The highest BCUT2D eigenvalue weighted by Crippen LogP contribution is 2.17. The lowest BCUT2D eigenvalue weighted by Crippen LogP contribution is -2.42. The van der Waals surface area contributed by atoms with E-state index in [0.717, 1.165) is 0 Å². The van der Waals surface area contributed by atoms with Gasteiger partial charge in [0, 0.05) is 74.1 Å². The lowest BCUT2D eigenvalue weighted by molar-refractivity contribution is -0.121. The summed E-state index contributed by atoms with van der Waals surface area (Å²) in [6.07, 6.45) is 1.73. The average Bonchev–Trinajstić information content (AvgIpc) is 3.43. The molecule has 0 saturated heterocycles. The lowest BCUT2D eigenvalue weighted by atomic mass is 9.96. The standard InChI is InChI=1S/C56H75N17O8/c57-41(17-5-21-67-53(59)60)45(74)29-34-10-2-14-38(26-34)50(79)72-43(19-7-23-69-55(63)64)47(76)31-36-12-4-16-40(28-36)52(81)73-44(20-8-24-70-56(65)66)48(77)32-35-11-3-15-39(27-35)51(80)71-42(18-6-22-68-54(61)62)46(75)30-33-9-1-13-37(25-33)49(58)78/h1-4,9-16,25-28,41-44H,5-8,17-24,29-32,57H2,(H2,58,78)(H,71,80)(H,72,79)(H,73,81)(H4,59,60,67)(H4,61,62,68)(H4,63,64,69)(H4,65,66,70)/t41-,42-,43-,44-/m1/s1. The minimum Gasteiger partial charge on any atom is -0.370 e. The molecular formula is C56H75N17O8. The number of benzene rings is 4. The summed E-state index contributed by atoms with van der Waals surface area (Å²) in [4.78, 5) is 124. The van der Waals surface area contributed by atoms with E-state index in [0.29, 0.717) is 60.9 Å². The summed E-state index contributed by atoms with van der Waals surface area (Å²) < 4.78 is 0. The first-order valence-corrected chi connectivity index (χ1v) is 26.2. The van der Waals surface area contributed by atoms with E-state index in [1.807, 2.05) is 0 Å². The van der Waals surface area contributed by atoms with Crippen LogP contribution in [0.25, 0.3) is 0 Å². The molecule has 0 radical (unpaired) electrons. The molecule has 0 bridgehead atoms. The molecule has 0 fully saturated rings. The van der Waals surface area contributed by atoms with Gasteiger partial charge in [-0.3, -0.25) is 58.3 Å². The summed E-state index contributed by atoms with van der Waals surface area (Å²) in [6, 6.07) is 21.4. The molecule has 0 spiro atoms. The van der Waals surface area contributed by atoms with Gasteiger partial charge in [0.2, 0.25) is 5.91 Å². The van der Waals surface area contributed by atoms with Crippen LogP contribution in [0, 0.1) is 0 Å². The Labute approximate surface area is 469 Å². The molecule has 4 amide bonds. The summed E-state index contributed by atoms with van der Waals surface area (Å²) in [5.74, 6) is -4.29. The van der Waals surface area contributed by atoms with Gasteiger partial charge in [0.25, 0.3) is 17.7 Å². The molecule has 25 heteroatoms. The van der Waals surface area contributed by atoms with E-state index in [4.69, 9.17) is 57.3 Å². The van der Waals surface area contributed by atoms with Gasteiger partial charge >= 0.3 is 0 Å². The molecule has 0 saturated carbocycles. The SMILES string of the molecule is NC(=O)c1cccc(CC(=O)[C@@H](CCCN=C(N)N)NC(=O)c2cccc(CC(=O)[C@@H](CCCN=C(N)N)NC(=O)c3cccc(CC(=O)[C@@H](CCCN=C(N)N)NC(=O)c4cccc(CC(=O)[C@H](N)CCCN=C(N)N)c4)c3)c2)c1. The van der Waals surface area contributed by atoms with E-state index in [2.05, 4.69) is 35.9 Å². The van der Waals surface area contributed by atoms with Crippen LogP contribution in [0.3, 0.4) is 0 Å². The Bertz CT molecular complexity index is 2980. The maximum atomic E-state index is 14.1. The van der Waals surface area contributed by atoms with Gasteiger partial charge in [-0.25, -0.2) is 0 Å². The maximum absolute atomic E-state index is 14.1. The first kappa shape index (κ1) is 64.0. The van der Waals surface area contributed by atoms with Crippen LogP contribution in [0.15, 0.2) is 117 Å². The summed E-state index contributed by atoms with van der Waals surface area (Å²) in [5.41, 5.74) is 58.0. The number of nitrogens with one attached hydrogen (secondary N) is 3. The Morgan fingerprint density at radius 1 is 0.358 bits per heavy atom. The number of carbonyl (C=O) groups excluding carboxylic acids is 8. The van der Waals surface area contributed by atoms with Crippen molar-refractivity contribution in [1.82, 2.24) is 16.0 Å². The molecule has 0 aromatic heterocycles. The summed E-state index contributed by atoms with van der Waals surface area (Å²) in [6.45, 7) is 0.861. The van der Waals surface area contributed by atoms with Gasteiger partial charge in [-0.15, -0.1) is 0 Å². The van der Waals surface area contributed by atoms with Gasteiger partial charge in [-0.05, 0) is 122 Å². The normalized spacial score (nSPS) is 12.2. The molecule has 0 heterocycles. The van der Waals surface area contributed by atoms with E-state index in [1.54, 1.807) is 60.7 Å². The maximum Gasteiger partial charge on any atom is 0.251 e. The van der Waals surface area contributed by atoms with E-state index in [9.17, 15) is 38.4 Å². The number of hydrogen-bond acceptors (Lipinski definition) is 13. The fourth-order valence-electron chi connectivity index (χ4n) is 8.46. The quantitative estimate of drug-likeness (QED) is 0.0152. The fourth-order valence-corrected chi connectivity index (χ4v) is 8.46. The first-order chi connectivity index (χ1) is 38.6. The third kappa shape index (κ3) is 23.5. The second-order valence-corrected chi connectivity index (χ2v) is 19.2. The molecule has 0 aliphatic heterocycles. The third-order valence-corrected chi connectivity index (χ3v) is 12.6. The number of primary amides is 1. The van der Waals surface area contributed by atoms with E-state index in [1.165, 1.54) is 36.4 Å². The molecule has 4 aromatic rings. The third-order valence-electron chi connectivity index (χ3n) is 12.6. The van der Waals surface area contributed by atoms with Crippen LogP contribution in [0.2, 0.25) is 0 Å². The number of rotatable bonds is 35. The smallest absolute Gasteiger partial charge is 0.251 e. The van der Waals surface area contributed by atoms with E-state index in [-0.39, 0.29) is 128 Å². The number of ketones is 4. The molecule has 4 atom stereocenters. The van der Waals surface area contributed by atoms with Crippen molar-refractivity contribution in [3.8, 4) is 0 Å². The largest absolute Gasteiger partial charge is 0.370 e. The minimum absolute atomic E-state index is 0.0329. The van der Waals surface area contributed by atoms with Crippen LogP contribution >= 0.6 is 0 Å².